The summed E-state index contributed by atoms with van der Waals surface area (Å²) < 4.78 is 16.2. The van der Waals surface area contributed by atoms with Crippen LogP contribution in [0.25, 0.3) is 11.0 Å². The van der Waals surface area contributed by atoms with Gasteiger partial charge in [0.1, 0.15) is 22.6 Å². The summed E-state index contributed by atoms with van der Waals surface area (Å²) in [7, 11) is 0. The van der Waals surface area contributed by atoms with Crippen molar-refractivity contribution in [1.82, 2.24) is 5.32 Å². The molecule has 0 radical (unpaired) electrons. The lowest BCUT2D eigenvalue weighted by Gasteiger charge is -2.22. The van der Waals surface area contributed by atoms with Crippen molar-refractivity contribution in [3.63, 3.8) is 0 Å². The number of rotatable bonds is 8. The van der Waals surface area contributed by atoms with Crippen molar-refractivity contribution in [3.05, 3.63) is 70.1 Å². The molecule has 0 atom stereocenters. The van der Waals surface area contributed by atoms with Gasteiger partial charge in [-0.15, -0.1) is 0 Å². The summed E-state index contributed by atoms with van der Waals surface area (Å²) in [5.74, 6) is -0.192. The number of carbonyl (C=O) groups is 2. The topological polar surface area (TPSA) is 94.8 Å². The maximum atomic E-state index is 12.6. The molecule has 1 aromatic heterocycles. The maximum absolute atomic E-state index is 12.6. The Balaban J connectivity index is 1.37. The molecule has 34 heavy (non-hydrogen) atoms. The molecule has 0 saturated heterocycles. The molecule has 0 spiro atoms. The summed E-state index contributed by atoms with van der Waals surface area (Å²) >= 11 is 0. The molecule has 1 saturated carbocycles. The van der Waals surface area contributed by atoms with Gasteiger partial charge in [0.15, 0.2) is 6.61 Å². The van der Waals surface area contributed by atoms with Gasteiger partial charge in [-0.2, -0.15) is 0 Å². The molecule has 0 bridgehead atoms. The van der Waals surface area contributed by atoms with E-state index >= 15 is 0 Å². The molecule has 178 valence electrons. The summed E-state index contributed by atoms with van der Waals surface area (Å²) in [4.78, 5) is 37.2. The van der Waals surface area contributed by atoms with Gasteiger partial charge in [-0.1, -0.05) is 44.7 Å². The summed E-state index contributed by atoms with van der Waals surface area (Å²) in [5.41, 5.74) is 0.696. The Bertz CT molecular complexity index is 1210. The molecule has 1 fully saturated rings. The van der Waals surface area contributed by atoms with Crippen LogP contribution < -0.4 is 20.4 Å². The third-order valence-corrected chi connectivity index (χ3v) is 5.94. The van der Waals surface area contributed by atoms with E-state index < -0.39 is 17.5 Å². The molecule has 1 N–H and O–H groups in total. The minimum absolute atomic E-state index is 0.0267. The number of hydrogen-bond acceptors (Lipinski definition) is 6. The zero-order valence-electron chi connectivity index (χ0n) is 19.3. The van der Waals surface area contributed by atoms with E-state index in [-0.39, 0.29) is 29.5 Å². The normalized spacial score (nSPS) is 14.0. The highest BCUT2D eigenvalue weighted by Gasteiger charge is 2.20. The molecular formula is C27H29NO6. The summed E-state index contributed by atoms with van der Waals surface area (Å²) in [6, 6.07) is 13.9. The number of fused-ring (bicyclic) bond motifs is 1. The number of nitrogens with one attached hydrogen (secondary N) is 1. The predicted molar refractivity (Wildman–Crippen MR) is 128 cm³/mol. The van der Waals surface area contributed by atoms with Crippen LogP contribution in [-0.2, 0) is 11.2 Å². The lowest BCUT2D eigenvalue weighted by atomic mass is 9.95. The van der Waals surface area contributed by atoms with E-state index in [2.05, 4.69) is 12.2 Å². The van der Waals surface area contributed by atoms with Crippen molar-refractivity contribution in [2.75, 3.05) is 6.61 Å². The number of aryl methyl sites for hydroxylation is 1. The van der Waals surface area contributed by atoms with Gasteiger partial charge in [0, 0.05) is 17.5 Å². The third kappa shape index (κ3) is 6.04. The summed E-state index contributed by atoms with van der Waals surface area (Å²) in [6.45, 7) is 1.86. The Morgan fingerprint density at radius 1 is 1.00 bits per heavy atom. The second-order valence-electron chi connectivity index (χ2n) is 8.61. The molecule has 3 aromatic rings. The summed E-state index contributed by atoms with van der Waals surface area (Å²) in [6.07, 6.45) is 7.24. The first kappa shape index (κ1) is 23.5. The Hall–Kier alpha value is -3.61. The average molecular weight is 464 g/mol. The largest absolute Gasteiger partial charge is 0.482 e. The Labute approximate surface area is 198 Å². The van der Waals surface area contributed by atoms with Gasteiger partial charge in [-0.05, 0) is 55.2 Å². The van der Waals surface area contributed by atoms with Crippen molar-refractivity contribution >= 4 is 22.8 Å². The van der Waals surface area contributed by atoms with Crippen molar-refractivity contribution in [2.24, 2.45) is 0 Å². The molecule has 2 aromatic carbocycles. The Kier molecular flexibility index (Phi) is 7.62. The van der Waals surface area contributed by atoms with Crippen LogP contribution in [0.4, 0.5) is 0 Å². The zero-order chi connectivity index (χ0) is 23.9. The first-order valence-corrected chi connectivity index (χ1v) is 11.8. The van der Waals surface area contributed by atoms with Crippen LogP contribution in [0.15, 0.2) is 57.7 Å². The maximum Gasteiger partial charge on any atom is 0.349 e. The van der Waals surface area contributed by atoms with Crippen LogP contribution in [0.1, 0.15) is 61.4 Å². The lowest BCUT2D eigenvalue weighted by Crippen LogP contribution is -2.38. The van der Waals surface area contributed by atoms with E-state index in [4.69, 9.17) is 13.9 Å². The van der Waals surface area contributed by atoms with Crippen LogP contribution in [0.2, 0.25) is 0 Å². The number of amides is 1. The lowest BCUT2D eigenvalue weighted by molar-refractivity contribution is -0.136. The molecule has 1 aliphatic rings. The van der Waals surface area contributed by atoms with Crippen LogP contribution in [0.3, 0.4) is 0 Å². The van der Waals surface area contributed by atoms with Crippen molar-refractivity contribution in [1.29, 1.82) is 0 Å². The second kappa shape index (κ2) is 11.0. The molecule has 0 unspecified atom stereocenters. The first-order chi connectivity index (χ1) is 16.5. The van der Waals surface area contributed by atoms with E-state index in [9.17, 15) is 14.4 Å². The van der Waals surface area contributed by atoms with Gasteiger partial charge in [0.05, 0.1) is 0 Å². The highest BCUT2D eigenvalue weighted by atomic mass is 16.6. The Morgan fingerprint density at radius 3 is 2.47 bits per heavy atom. The zero-order valence-corrected chi connectivity index (χ0v) is 19.3. The molecule has 7 nitrogen and oxygen atoms in total. The van der Waals surface area contributed by atoms with Gasteiger partial charge in [0.25, 0.3) is 5.91 Å². The molecule has 0 aliphatic heterocycles. The number of ether oxygens (including phenoxy) is 2. The third-order valence-electron chi connectivity index (χ3n) is 5.94. The molecule has 7 heteroatoms. The molecule has 1 amide bonds. The monoisotopic (exact) mass is 463 g/mol. The van der Waals surface area contributed by atoms with Crippen molar-refractivity contribution in [3.8, 4) is 11.5 Å². The highest BCUT2D eigenvalue weighted by Crippen LogP contribution is 2.22. The molecular weight excluding hydrogens is 434 g/mol. The smallest absolute Gasteiger partial charge is 0.349 e. The van der Waals surface area contributed by atoms with Gasteiger partial charge < -0.3 is 19.2 Å². The average Bonchev–Trinajstić information content (AvgIpc) is 2.84. The van der Waals surface area contributed by atoms with Gasteiger partial charge in [-0.25, -0.2) is 9.59 Å². The van der Waals surface area contributed by atoms with Gasteiger partial charge in [-0.3, -0.25) is 4.79 Å². The molecule has 4 rings (SSSR count). The Morgan fingerprint density at radius 2 is 1.74 bits per heavy atom. The van der Waals surface area contributed by atoms with Crippen molar-refractivity contribution < 1.29 is 23.5 Å². The standard InChI is InChI=1S/C27H29NO6/c1-2-6-18-9-12-21(13-10-18)32-17-25(29)33-22-14-11-19-15-23(27(31)34-24(19)16-22)26(30)28-20-7-4-3-5-8-20/h9-16,20H,2-8,17H2,1H3,(H,28,30). The fraction of sp³-hybridized carbons (Fsp3) is 0.370. The SMILES string of the molecule is CCCc1ccc(OCC(=O)Oc2ccc3cc(C(=O)NC4CCCCC4)c(=O)oc3c2)cc1. The fourth-order valence-electron chi connectivity index (χ4n) is 4.17. The molecule has 1 heterocycles. The van der Waals surface area contributed by atoms with E-state index in [0.29, 0.717) is 11.1 Å². The second-order valence-corrected chi connectivity index (χ2v) is 8.61. The number of benzene rings is 2. The predicted octanol–water partition coefficient (Wildman–Crippen LogP) is 4.79. The minimum atomic E-state index is -0.723. The minimum Gasteiger partial charge on any atom is -0.482 e. The summed E-state index contributed by atoms with van der Waals surface area (Å²) in [5, 5.41) is 3.50. The number of carbonyl (C=O) groups excluding carboxylic acids is 2. The van der Waals surface area contributed by atoms with E-state index in [1.807, 2.05) is 24.3 Å². The van der Waals surface area contributed by atoms with E-state index in [1.54, 1.807) is 12.1 Å². The number of esters is 1. The first-order valence-electron chi connectivity index (χ1n) is 11.8. The van der Waals surface area contributed by atoms with Crippen LogP contribution >= 0.6 is 0 Å². The van der Waals surface area contributed by atoms with Crippen LogP contribution in [0.5, 0.6) is 11.5 Å². The van der Waals surface area contributed by atoms with Crippen molar-refractivity contribution in [2.45, 2.75) is 57.9 Å². The quantitative estimate of drug-likeness (QED) is 0.293. The van der Waals surface area contributed by atoms with Gasteiger partial charge in [0.2, 0.25) is 0 Å². The highest BCUT2D eigenvalue weighted by molar-refractivity contribution is 5.97. The fourth-order valence-corrected chi connectivity index (χ4v) is 4.17. The van der Waals surface area contributed by atoms with Crippen LogP contribution in [0, 0.1) is 0 Å². The number of hydrogen-bond donors (Lipinski definition) is 1. The van der Waals surface area contributed by atoms with Crippen LogP contribution in [-0.4, -0.2) is 24.5 Å². The molecule has 1 aliphatic carbocycles. The van der Waals surface area contributed by atoms with E-state index in [0.717, 1.165) is 38.5 Å². The van der Waals surface area contributed by atoms with E-state index in [1.165, 1.54) is 24.1 Å². The van der Waals surface area contributed by atoms with Gasteiger partial charge >= 0.3 is 11.6 Å².